The fourth-order valence-corrected chi connectivity index (χ4v) is 3.87. The molecule has 0 spiro atoms. The predicted molar refractivity (Wildman–Crippen MR) is 125 cm³/mol. The van der Waals surface area contributed by atoms with E-state index in [4.69, 9.17) is 4.79 Å². The topological polar surface area (TPSA) is 88.6 Å². The standard InChI is InChI=1S/C23H22FN5.CH3NO/c1-25-18-6-4-16(5-7-18)17-13-26-23-27-22(15-29(23)14-17)20-12-19(8-9-21(20)24)28-10-2-3-11-28;2-1-3/h4-9,12-15,25H,2-3,10-11H2,1H3;1H,(H2,2,3). The van der Waals surface area contributed by atoms with Crippen molar-refractivity contribution in [1.29, 1.82) is 0 Å². The second-order valence-electron chi connectivity index (χ2n) is 7.50. The zero-order chi connectivity index (χ0) is 22.5. The lowest BCUT2D eigenvalue weighted by Gasteiger charge is -2.18. The number of amides is 1. The first kappa shape index (κ1) is 21.3. The second kappa shape index (κ2) is 9.47. The van der Waals surface area contributed by atoms with Gasteiger partial charge in [0, 0.05) is 61.2 Å². The maximum absolute atomic E-state index is 14.6. The Bertz CT molecular complexity index is 1220. The zero-order valence-electron chi connectivity index (χ0n) is 17.8. The molecule has 1 saturated heterocycles. The van der Waals surface area contributed by atoms with E-state index < -0.39 is 0 Å². The lowest BCUT2D eigenvalue weighted by molar-refractivity contribution is -0.106. The molecule has 0 radical (unpaired) electrons. The van der Waals surface area contributed by atoms with Crippen LogP contribution in [-0.2, 0) is 4.79 Å². The highest BCUT2D eigenvalue weighted by Gasteiger charge is 2.16. The van der Waals surface area contributed by atoms with Gasteiger partial charge in [-0.25, -0.2) is 14.4 Å². The summed E-state index contributed by atoms with van der Waals surface area (Å²) in [6, 6.07) is 13.4. The minimum atomic E-state index is -0.265. The van der Waals surface area contributed by atoms with E-state index >= 15 is 0 Å². The summed E-state index contributed by atoms with van der Waals surface area (Å²) in [5.74, 6) is 0.292. The molecule has 32 heavy (non-hydrogen) atoms. The number of benzene rings is 2. The summed E-state index contributed by atoms with van der Waals surface area (Å²) in [5.41, 5.74) is 9.43. The van der Waals surface area contributed by atoms with Crippen molar-refractivity contribution in [3.05, 3.63) is 66.9 Å². The number of primary amides is 1. The van der Waals surface area contributed by atoms with Gasteiger partial charge in [0.25, 0.3) is 0 Å². The van der Waals surface area contributed by atoms with Crippen molar-refractivity contribution in [2.75, 3.05) is 30.4 Å². The molecule has 0 bridgehead atoms. The number of fused-ring (bicyclic) bond motifs is 1. The van der Waals surface area contributed by atoms with Crippen LogP contribution in [0.3, 0.4) is 0 Å². The van der Waals surface area contributed by atoms with E-state index in [1.165, 1.54) is 18.9 Å². The maximum Gasteiger partial charge on any atom is 0.234 e. The summed E-state index contributed by atoms with van der Waals surface area (Å²) in [7, 11) is 1.90. The summed E-state index contributed by atoms with van der Waals surface area (Å²) < 4.78 is 16.5. The number of anilines is 2. The van der Waals surface area contributed by atoms with Gasteiger partial charge >= 0.3 is 0 Å². The van der Waals surface area contributed by atoms with Crippen LogP contribution in [0.15, 0.2) is 61.1 Å². The average molecular weight is 433 g/mol. The molecule has 2 aromatic heterocycles. The molecule has 1 aliphatic heterocycles. The highest BCUT2D eigenvalue weighted by Crippen LogP contribution is 2.29. The number of halogens is 1. The van der Waals surface area contributed by atoms with Gasteiger partial charge in [-0.3, -0.25) is 9.20 Å². The number of imidazole rings is 1. The molecule has 7 nitrogen and oxygen atoms in total. The highest BCUT2D eigenvalue weighted by atomic mass is 19.1. The van der Waals surface area contributed by atoms with Crippen LogP contribution < -0.4 is 16.0 Å². The van der Waals surface area contributed by atoms with Crippen molar-refractivity contribution in [1.82, 2.24) is 14.4 Å². The molecule has 164 valence electrons. The van der Waals surface area contributed by atoms with Gasteiger partial charge in [0.1, 0.15) is 5.82 Å². The number of carbonyl (C=O) groups excluding carboxylic acids is 1. The molecule has 1 fully saturated rings. The minimum Gasteiger partial charge on any atom is -0.388 e. The smallest absolute Gasteiger partial charge is 0.234 e. The Morgan fingerprint density at radius 3 is 2.47 bits per heavy atom. The van der Waals surface area contributed by atoms with Crippen molar-refractivity contribution in [2.45, 2.75) is 12.8 Å². The number of hydrogen-bond donors (Lipinski definition) is 2. The van der Waals surface area contributed by atoms with Crippen LogP contribution >= 0.6 is 0 Å². The normalized spacial score (nSPS) is 13.0. The third-order valence-corrected chi connectivity index (χ3v) is 5.51. The highest BCUT2D eigenvalue weighted by molar-refractivity contribution is 5.69. The molecular formula is C24H25FN6O. The molecule has 4 aromatic rings. The SMILES string of the molecule is CNc1ccc(-c2cnc3nc(-c4cc(N5CCCC5)ccc4F)cn3c2)cc1.NC=O. The van der Waals surface area contributed by atoms with Crippen molar-refractivity contribution >= 4 is 23.6 Å². The summed E-state index contributed by atoms with van der Waals surface area (Å²) in [5, 5.41) is 3.12. The molecule has 0 saturated carbocycles. The van der Waals surface area contributed by atoms with Crippen LogP contribution in [0, 0.1) is 5.82 Å². The lowest BCUT2D eigenvalue weighted by atomic mass is 10.1. The number of aromatic nitrogens is 3. The van der Waals surface area contributed by atoms with Gasteiger partial charge in [-0.15, -0.1) is 0 Å². The van der Waals surface area contributed by atoms with Crippen molar-refractivity contribution < 1.29 is 9.18 Å². The van der Waals surface area contributed by atoms with E-state index in [1.807, 2.05) is 60.2 Å². The molecule has 2 aromatic carbocycles. The monoisotopic (exact) mass is 432 g/mol. The quantitative estimate of drug-likeness (QED) is 0.477. The van der Waals surface area contributed by atoms with Crippen LogP contribution in [0.1, 0.15) is 12.8 Å². The van der Waals surface area contributed by atoms with Crippen LogP contribution in [0.2, 0.25) is 0 Å². The van der Waals surface area contributed by atoms with Gasteiger partial charge < -0.3 is 16.0 Å². The summed E-state index contributed by atoms with van der Waals surface area (Å²) in [4.78, 5) is 19.9. The Kier molecular flexibility index (Phi) is 6.30. The van der Waals surface area contributed by atoms with Gasteiger partial charge in [-0.05, 0) is 48.7 Å². The Hall–Kier alpha value is -3.94. The molecule has 3 N–H and O–H groups in total. The third-order valence-electron chi connectivity index (χ3n) is 5.51. The average Bonchev–Trinajstić information content (AvgIpc) is 3.50. The molecule has 5 rings (SSSR count). The molecule has 0 atom stereocenters. The fourth-order valence-electron chi connectivity index (χ4n) is 3.87. The summed E-state index contributed by atoms with van der Waals surface area (Å²) in [6.45, 7) is 2.04. The van der Waals surface area contributed by atoms with Crippen LogP contribution in [0.25, 0.3) is 28.2 Å². The largest absolute Gasteiger partial charge is 0.388 e. The maximum atomic E-state index is 14.6. The number of nitrogens with zero attached hydrogens (tertiary/aromatic N) is 4. The number of nitrogens with two attached hydrogens (primary N) is 1. The number of carbonyl (C=O) groups is 1. The van der Waals surface area contributed by atoms with E-state index in [-0.39, 0.29) is 12.2 Å². The number of rotatable bonds is 4. The lowest BCUT2D eigenvalue weighted by Crippen LogP contribution is -2.17. The molecular weight excluding hydrogens is 407 g/mol. The number of hydrogen-bond acceptors (Lipinski definition) is 5. The molecule has 0 unspecified atom stereocenters. The van der Waals surface area contributed by atoms with Crippen molar-refractivity contribution in [3.8, 4) is 22.4 Å². The Labute approximate surface area is 185 Å². The molecule has 3 heterocycles. The van der Waals surface area contributed by atoms with E-state index in [2.05, 4.69) is 25.9 Å². The number of nitrogens with one attached hydrogen (secondary N) is 1. The Morgan fingerprint density at radius 2 is 1.78 bits per heavy atom. The van der Waals surface area contributed by atoms with Crippen LogP contribution in [0.5, 0.6) is 0 Å². The van der Waals surface area contributed by atoms with E-state index in [1.54, 1.807) is 6.20 Å². The van der Waals surface area contributed by atoms with Gasteiger partial charge in [0.15, 0.2) is 0 Å². The fraction of sp³-hybridized carbons (Fsp3) is 0.208. The van der Waals surface area contributed by atoms with E-state index in [0.29, 0.717) is 17.0 Å². The predicted octanol–water partition coefficient (Wildman–Crippen LogP) is 3.95. The zero-order valence-corrected chi connectivity index (χ0v) is 17.8. The first-order valence-corrected chi connectivity index (χ1v) is 10.5. The molecule has 1 aliphatic rings. The third kappa shape index (κ3) is 4.39. The molecule has 1 amide bonds. The van der Waals surface area contributed by atoms with Crippen molar-refractivity contribution in [2.24, 2.45) is 5.73 Å². The van der Waals surface area contributed by atoms with E-state index in [9.17, 15) is 4.39 Å². The van der Waals surface area contributed by atoms with E-state index in [0.717, 1.165) is 35.6 Å². The first-order valence-electron chi connectivity index (χ1n) is 10.5. The second-order valence-corrected chi connectivity index (χ2v) is 7.50. The minimum absolute atomic E-state index is 0.250. The summed E-state index contributed by atoms with van der Waals surface area (Å²) in [6.07, 6.45) is 8.25. The van der Waals surface area contributed by atoms with Crippen LogP contribution in [0.4, 0.5) is 15.8 Å². The molecule has 8 heteroatoms. The Balaban J connectivity index is 0.000000775. The summed E-state index contributed by atoms with van der Waals surface area (Å²) >= 11 is 0. The van der Waals surface area contributed by atoms with Gasteiger partial charge in [-0.1, -0.05) is 12.1 Å². The van der Waals surface area contributed by atoms with Crippen molar-refractivity contribution in [3.63, 3.8) is 0 Å². The van der Waals surface area contributed by atoms with Gasteiger partial charge in [-0.2, -0.15) is 0 Å². The molecule has 0 aliphatic carbocycles. The Morgan fingerprint density at radius 1 is 1.06 bits per heavy atom. The van der Waals surface area contributed by atoms with Crippen LogP contribution in [-0.4, -0.2) is 40.9 Å². The van der Waals surface area contributed by atoms with Gasteiger partial charge in [0.2, 0.25) is 12.2 Å². The first-order chi connectivity index (χ1) is 15.6. The van der Waals surface area contributed by atoms with Gasteiger partial charge in [0.05, 0.1) is 5.69 Å².